The van der Waals surface area contributed by atoms with E-state index in [1.165, 1.54) is 10.3 Å². The Morgan fingerprint density at radius 2 is 2.00 bits per heavy atom. The molecule has 1 nitrogen and oxygen atoms in total. The Labute approximate surface area is 98.9 Å². The largest absolute Gasteiger partial charge is 0.230 e. The van der Waals surface area contributed by atoms with Crippen molar-refractivity contribution in [2.24, 2.45) is 0 Å². The highest BCUT2D eigenvalue weighted by Crippen LogP contribution is 2.31. The summed E-state index contributed by atoms with van der Waals surface area (Å²) in [5.41, 5.74) is 2.72. The third kappa shape index (κ3) is 2.18. The Kier molecular flexibility index (Phi) is 2.77. The summed E-state index contributed by atoms with van der Waals surface area (Å²) in [5, 5.41) is 0. The standard InChI is InChI=1S/C12H15NS2/c1-12(2,3)8-5-6-9-10(7-8)15-11(13-9)14-4/h5-7H,1-4H3. The van der Waals surface area contributed by atoms with Crippen molar-refractivity contribution in [2.75, 3.05) is 6.26 Å². The molecule has 1 aromatic heterocycles. The van der Waals surface area contributed by atoms with Gasteiger partial charge in [0.15, 0.2) is 4.34 Å². The van der Waals surface area contributed by atoms with E-state index >= 15 is 0 Å². The van der Waals surface area contributed by atoms with Crippen LogP contribution in [0.5, 0.6) is 0 Å². The van der Waals surface area contributed by atoms with E-state index in [4.69, 9.17) is 0 Å². The van der Waals surface area contributed by atoms with Gasteiger partial charge in [0.05, 0.1) is 10.2 Å². The van der Waals surface area contributed by atoms with Crippen LogP contribution >= 0.6 is 23.1 Å². The van der Waals surface area contributed by atoms with E-state index in [-0.39, 0.29) is 5.41 Å². The van der Waals surface area contributed by atoms with Crippen LogP contribution in [0.1, 0.15) is 26.3 Å². The highest BCUT2D eigenvalue weighted by atomic mass is 32.2. The summed E-state index contributed by atoms with van der Waals surface area (Å²) < 4.78 is 2.45. The topological polar surface area (TPSA) is 12.9 Å². The number of benzene rings is 1. The van der Waals surface area contributed by atoms with Gasteiger partial charge in [-0.05, 0) is 29.4 Å². The lowest BCUT2D eigenvalue weighted by molar-refractivity contribution is 0.591. The predicted octanol–water partition coefficient (Wildman–Crippen LogP) is 4.32. The van der Waals surface area contributed by atoms with Crippen molar-refractivity contribution in [3.63, 3.8) is 0 Å². The van der Waals surface area contributed by atoms with Crippen LogP contribution < -0.4 is 0 Å². The van der Waals surface area contributed by atoms with Gasteiger partial charge < -0.3 is 0 Å². The molecule has 0 aliphatic carbocycles. The molecule has 0 bridgehead atoms. The zero-order valence-electron chi connectivity index (χ0n) is 9.50. The van der Waals surface area contributed by atoms with Crippen molar-refractivity contribution in [1.82, 2.24) is 4.98 Å². The van der Waals surface area contributed by atoms with Gasteiger partial charge in [-0.1, -0.05) is 38.6 Å². The van der Waals surface area contributed by atoms with Crippen LogP contribution in [0.25, 0.3) is 10.2 Å². The van der Waals surface area contributed by atoms with Gasteiger partial charge in [-0.3, -0.25) is 0 Å². The second-order valence-corrected chi connectivity index (χ2v) is 6.70. The van der Waals surface area contributed by atoms with Gasteiger partial charge in [0, 0.05) is 0 Å². The molecule has 0 unspecified atom stereocenters. The number of nitrogens with zero attached hydrogens (tertiary/aromatic N) is 1. The molecule has 3 heteroatoms. The fourth-order valence-electron chi connectivity index (χ4n) is 1.46. The summed E-state index contributed by atoms with van der Waals surface area (Å²) in [6.07, 6.45) is 2.07. The zero-order valence-corrected chi connectivity index (χ0v) is 11.1. The molecule has 0 aliphatic heterocycles. The van der Waals surface area contributed by atoms with E-state index in [1.54, 1.807) is 23.1 Å². The molecule has 15 heavy (non-hydrogen) atoms. The number of thioether (sulfide) groups is 1. The minimum atomic E-state index is 0.220. The highest BCUT2D eigenvalue weighted by Gasteiger charge is 2.14. The Bertz CT molecular complexity index is 480. The Balaban J connectivity index is 2.55. The first kappa shape index (κ1) is 11.0. The molecule has 0 amide bonds. The SMILES string of the molecule is CSc1nc2ccc(C(C)(C)C)cc2s1. The Morgan fingerprint density at radius 3 is 2.60 bits per heavy atom. The van der Waals surface area contributed by atoms with E-state index in [2.05, 4.69) is 50.2 Å². The fourth-order valence-corrected chi connectivity index (χ4v) is 2.99. The van der Waals surface area contributed by atoms with E-state index in [9.17, 15) is 0 Å². The average molecular weight is 237 g/mol. The van der Waals surface area contributed by atoms with Crippen molar-refractivity contribution in [2.45, 2.75) is 30.5 Å². The first-order chi connectivity index (χ1) is 7.00. The molecular formula is C12H15NS2. The number of aromatic nitrogens is 1. The number of fused-ring (bicyclic) bond motifs is 1. The maximum Gasteiger partial charge on any atom is 0.150 e. The van der Waals surface area contributed by atoms with Gasteiger partial charge in [-0.25, -0.2) is 4.98 Å². The summed E-state index contributed by atoms with van der Waals surface area (Å²) in [7, 11) is 0. The minimum Gasteiger partial charge on any atom is -0.230 e. The van der Waals surface area contributed by atoms with Gasteiger partial charge in [0.1, 0.15) is 0 Å². The lowest BCUT2D eigenvalue weighted by atomic mass is 9.87. The van der Waals surface area contributed by atoms with E-state index < -0.39 is 0 Å². The van der Waals surface area contributed by atoms with Gasteiger partial charge >= 0.3 is 0 Å². The second-order valence-electron chi connectivity index (χ2n) is 4.62. The quantitative estimate of drug-likeness (QED) is 0.685. The summed E-state index contributed by atoms with van der Waals surface area (Å²) in [6.45, 7) is 6.72. The molecule has 1 heterocycles. The first-order valence-electron chi connectivity index (χ1n) is 4.96. The molecule has 80 valence electrons. The summed E-state index contributed by atoms with van der Waals surface area (Å²) in [6, 6.07) is 6.59. The van der Waals surface area contributed by atoms with Gasteiger partial charge in [0.25, 0.3) is 0 Å². The number of hydrogen-bond acceptors (Lipinski definition) is 3. The molecule has 2 aromatic rings. The molecule has 0 radical (unpaired) electrons. The third-order valence-electron chi connectivity index (χ3n) is 2.41. The average Bonchev–Trinajstić information content (AvgIpc) is 2.57. The molecule has 0 fully saturated rings. The van der Waals surface area contributed by atoms with Crippen LogP contribution in [0.15, 0.2) is 22.5 Å². The lowest BCUT2D eigenvalue weighted by Crippen LogP contribution is -2.10. The fraction of sp³-hybridized carbons (Fsp3) is 0.417. The van der Waals surface area contributed by atoms with E-state index in [0.29, 0.717) is 0 Å². The molecule has 0 spiro atoms. The van der Waals surface area contributed by atoms with Gasteiger partial charge in [0.2, 0.25) is 0 Å². The molecule has 0 N–H and O–H groups in total. The summed E-state index contributed by atoms with van der Waals surface area (Å²) in [4.78, 5) is 4.54. The van der Waals surface area contributed by atoms with Crippen molar-refractivity contribution >= 4 is 33.3 Å². The first-order valence-corrected chi connectivity index (χ1v) is 7.00. The Hall–Kier alpha value is -0.540. The monoisotopic (exact) mass is 237 g/mol. The lowest BCUT2D eigenvalue weighted by Gasteiger charge is -2.18. The van der Waals surface area contributed by atoms with Crippen LogP contribution in [0.2, 0.25) is 0 Å². The van der Waals surface area contributed by atoms with Crippen molar-refractivity contribution in [3.8, 4) is 0 Å². The van der Waals surface area contributed by atoms with E-state index in [0.717, 1.165) is 9.86 Å². The van der Waals surface area contributed by atoms with Crippen molar-refractivity contribution in [3.05, 3.63) is 23.8 Å². The molecule has 0 saturated heterocycles. The van der Waals surface area contributed by atoms with Crippen LogP contribution in [0.4, 0.5) is 0 Å². The summed E-state index contributed by atoms with van der Waals surface area (Å²) in [5.74, 6) is 0. The van der Waals surface area contributed by atoms with Gasteiger partial charge in [-0.15, -0.1) is 11.3 Å². The Morgan fingerprint density at radius 1 is 1.27 bits per heavy atom. The van der Waals surface area contributed by atoms with Crippen molar-refractivity contribution < 1.29 is 0 Å². The van der Waals surface area contributed by atoms with Gasteiger partial charge in [-0.2, -0.15) is 0 Å². The maximum atomic E-state index is 4.54. The van der Waals surface area contributed by atoms with Crippen LogP contribution in [0, 0.1) is 0 Å². The number of hydrogen-bond donors (Lipinski definition) is 0. The molecule has 2 rings (SSSR count). The van der Waals surface area contributed by atoms with Crippen LogP contribution in [-0.2, 0) is 5.41 Å². The molecule has 0 atom stereocenters. The number of rotatable bonds is 1. The summed E-state index contributed by atoms with van der Waals surface area (Å²) >= 11 is 3.49. The van der Waals surface area contributed by atoms with Crippen molar-refractivity contribution in [1.29, 1.82) is 0 Å². The van der Waals surface area contributed by atoms with Crippen LogP contribution in [-0.4, -0.2) is 11.2 Å². The molecule has 0 aliphatic rings. The number of thiazole rings is 1. The maximum absolute atomic E-state index is 4.54. The molecule has 0 saturated carbocycles. The second kappa shape index (κ2) is 3.80. The minimum absolute atomic E-state index is 0.220. The molecular weight excluding hydrogens is 222 g/mol. The zero-order chi connectivity index (χ0) is 11.1. The highest BCUT2D eigenvalue weighted by molar-refractivity contribution is 8.00. The predicted molar refractivity (Wildman–Crippen MR) is 70.1 cm³/mol. The third-order valence-corrected chi connectivity index (χ3v) is 4.41. The van der Waals surface area contributed by atoms with Crippen LogP contribution in [0.3, 0.4) is 0 Å². The van der Waals surface area contributed by atoms with E-state index in [1.807, 2.05) is 0 Å². The normalized spacial score (nSPS) is 12.3. The molecule has 1 aromatic carbocycles. The smallest absolute Gasteiger partial charge is 0.150 e.